The van der Waals surface area contributed by atoms with Gasteiger partial charge in [0.1, 0.15) is 5.75 Å². The number of benzene rings is 3. The predicted octanol–water partition coefficient (Wildman–Crippen LogP) is 4.17. The molecule has 9 heteroatoms. The molecule has 1 N–H and O–H groups in total. The van der Waals surface area contributed by atoms with Gasteiger partial charge in [-0.1, -0.05) is 48.2 Å². The van der Waals surface area contributed by atoms with Crippen LogP contribution in [0.3, 0.4) is 0 Å². The van der Waals surface area contributed by atoms with E-state index >= 15 is 0 Å². The topological polar surface area (TPSA) is 99.5 Å². The fraction of sp³-hybridized carbons (Fsp3) is 0.185. The van der Waals surface area contributed by atoms with E-state index in [1.54, 1.807) is 54.1 Å². The zero-order valence-electron chi connectivity index (χ0n) is 19.9. The third-order valence-electron chi connectivity index (χ3n) is 5.55. The molecule has 0 aliphatic carbocycles. The van der Waals surface area contributed by atoms with Crippen LogP contribution in [0.15, 0.2) is 82.7 Å². The van der Waals surface area contributed by atoms with Crippen molar-refractivity contribution in [3.8, 4) is 5.75 Å². The lowest BCUT2D eigenvalue weighted by molar-refractivity contribution is -0.113. The molecule has 0 atom stereocenters. The fourth-order valence-electron chi connectivity index (χ4n) is 3.68. The predicted molar refractivity (Wildman–Crippen MR) is 140 cm³/mol. The van der Waals surface area contributed by atoms with Gasteiger partial charge in [-0.05, 0) is 48.4 Å². The molecule has 184 valence electrons. The molecule has 0 saturated carbocycles. The Morgan fingerprint density at radius 3 is 2.44 bits per heavy atom. The summed E-state index contributed by atoms with van der Waals surface area (Å²) in [7, 11) is 2.90. The Hall–Kier alpha value is -4.11. The Balaban J connectivity index is 1.55. The van der Waals surface area contributed by atoms with Crippen LogP contribution in [0.1, 0.15) is 15.9 Å². The van der Waals surface area contributed by atoms with Gasteiger partial charge in [-0.3, -0.25) is 14.2 Å². The number of carbonyl (C=O) groups excluding carboxylic acids is 2. The second-order valence-electron chi connectivity index (χ2n) is 7.84. The number of para-hydroxylation sites is 2. The summed E-state index contributed by atoms with van der Waals surface area (Å²) in [6.07, 6.45) is 0.607. The Kier molecular flexibility index (Phi) is 8.02. The number of fused-ring (bicyclic) bond motifs is 1. The van der Waals surface area contributed by atoms with Gasteiger partial charge in [0.15, 0.2) is 5.16 Å². The van der Waals surface area contributed by atoms with Crippen molar-refractivity contribution in [1.29, 1.82) is 0 Å². The number of ether oxygens (including phenoxy) is 2. The molecule has 0 spiro atoms. The first-order valence-electron chi connectivity index (χ1n) is 11.2. The van der Waals surface area contributed by atoms with E-state index in [9.17, 15) is 14.4 Å². The first-order valence-corrected chi connectivity index (χ1v) is 12.2. The number of rotatable bonds is 9. The number of hydrogen-bond acceptors (Lipinski definition) is 7. The molecule has 0 aliphatic heterocycles. The maximum atomic E-state index is 13.3. The molecule has 0 unspecified atom stereocenters. The van der Waals surface area contributed by atoms with Gasteiger partial charge in [0.2, 0.25) is 5.91 Å². The smallest absolute Gasteiger partial charge is 0.339 e. The van der Waals surface area contributed by atoms with Crippen molar-refractivity contribution >= 4 is 40.2 Å². The number of nitrogens with one attached hydrogen (secondary N) is 1. The van der Waals surface area contributed by atoms with Crippen molar-refractivity contribution < 1.29 is 19.1 Å². The van der Waals surface area contributed by atoms with Gasteiger partial charge in [-0.15, -0.1) is 0 Å². The molecule has 0 radical (unpaired) electrons. The van der Waals surface area contributed by atoms with Crippen LogP contribution >= 0.6 is 11.8 Å². The number of carbonyl (C=O) groups is 2. The summed E-state index contributed by atoms with van der Waals surface area (Å²) in [5, 5.41) is 3.72. The highest BCUT2D eigenvalue weighted by Crippen LogP contribution is 2.21. The van der Waals surface area contributed by atoms with Crippen LogP contribution in [0, 0.1) is 0 Å². The van der Waals surface area contributed by atoms with Crippen LogP contribution in [0.25, 0.3) is 10.9 Å². The van der Waals surface area contributed by atoms with Crippen LogP contribution in [0.5, 0.6) is 5.75 Å². The van der Waals surface area contributed by atoms with E-state index < -0.39 is 5.97 Å². The fourth-order valence-corrected chi connectivity index (χ4v) is 4.51. The Morgan fingerprint density at radius 1 is 0.972 bits per heavy atom. The van der Waals surface area contributed by atoms with Crippen LogP contribution in [0.4, 0.5) is 5.69 Å². The maximum absolute atomic E-state index is 13.3. The molecule has 36 heavy (non-hydrogen) atoms. The number of aromatic nitrogens is 2. The average Bonchev–Trinajstić information content (AvgIpc) is 2.91. The second kappa shape index (κ2) is 11.5. The van der Waals surface area contributed by atoms with Crippen LogP contribution in [-0.4, -0.2) is 41.4 Å². The van der Waals surface area contributed by atoms with E-state index in [1.165, 1.54) is 18.9 Å². The molecular weight excluding hydrogens is 478 g/mol. The molecule has 8 nitrogen and oxygen atoms in total. The SMILES string of the molecule is COC(=O)c1ccccc1NC(=O)CSc1nc2ccccc2c(=O)n1CCc1ccc(OC)cc1. The Morgan fingerprint density at radius 2 is 1.69 bits per heavy atom. The van der Waals surface area contributed by atoms with Crippen molar-refractivity contribution in [3.05, 3.63) is 94.3 Å². The number of amides is 1. The largest absolute Gasteiger partial charge is 0.497 e. The number of methoxy groups -OCH3 is 2. The summed E-state index contributed by atoms with van der Waals surface area (Å²) in [4.78, 5) is 42.7. The highest BCUT2D eigenvalue weighted by molar-refractivity contribution is 7.99. The zero-order chi connectivity index (χ0) is 25.5. The van der Waals surface area contributed by atoms with Crippen LogP contribution in [-0.2, 0) is 22.5 Å². The van der Waals surface area contributed by atoms with Gasteiger partial charge in [0.05, 0.1) is 42.1 Å². The molecule has 0 aliphatic rings. The normalized spacial score (nSPS) is 10.7. The first-order chi connectivity index (χ1) is 17.5. The van der Waals surface area contributed by atoms with Crippen LogP contribution < -0.4 is 15.6 Å². The van der Waals surface area contributed by atoms with Crippen molar-refractivity contribution in [3.63, 3.8) is 0 Å². The standard InChI is InChI=1S/C27H25N3O5S/c1-34-19-13-11-18(12-14-19)15-16-30-25(32)20-7-3-5-9-22(20)29-27(30)36-17-24(31)28-23-10-6-4-8-21(23)26(33)35-2/h3-14H,15-17H2,1-2H3,(H,28,31). The lowest BCUT2D eigenvalue weighted by Gasteiger charge is -2.14. The molecule has 4 rings (SSSR count). The quantitative estimate of drug-likeness (QED) is 0.208. The molecule has 1 amide bonds. The summed E-state index contributed by atoms with van der Waals surface area (Å²) in [5.41, 5.74) is 2.08. The van der Waals surface area contributed by atoms with E-state index in [0.717, 1.165) is 11.3 Å². The lowest BCUT2D eigenvalue weighted by atomic mass is 10.1. The molecule has 1 heterocycles. The highest BCUT2D eigenvalue weighted by Gasteiger charge is 2.16. The van der Waals surface area contributed by atoms with Gasteiger partial charge in [-0.25, -0.2) is 9.78 Å². The highest BCUT2D eigenvalue weighted by atomic mass is 32.2. The number of aryl methyl sites for hydroxylation is 1. The molecule has 1 aromatic heterocycles. The number of anilines is 1. The summed E-state index contributed by atoms with van der Waals surface area (Å²) >= 11 is 1.17. The number of esters is 1. The summed E-state index contributed by atoms with van der Waals surface area (Å²) < 4.78 is 11.6. The molecule has 0 saturated heterocycles. The van der Waals surface area contributed by atoms with Gasteiger partial charge in [-0.2, -0.15) is 0 Å². The third-order valence-corrected chi connectivity index (χ3v) is 6.52. The maximum Gasteiger partial charge on any atom is 0.339 e. The monoisotopic (exact) mass is 503 g/mol. The minimum Gasteiger partial charge on any atom is -0.497 e. The van der Waals surface area contributed by atoms with Crippen molar-refractivity contribution in [2.75, 3.05) is 25.3 Å². The van der Waals surface area contributed by atoms with Crippen LogP contribution in [0.2, 0.25) is 0 Å². The number of thioether (sulfide) groups is 1. The van der Waals surface area contributed by atoms with Crippen molar-refractivity contribution in [2.24, 2.45) is 0 Å². The third kappa shape index (κ3) is 5.75. The molecule has 3 aromatic carbocycles. The van der Waals surface area contributed by atoms with Gasteiger partial charge in [0, 0.05) is 6.54 Å². The number of hydrogen-bond donors (Lipinski definition) is 1. The van der Waals surface area contributed by atoms with E-state index in [2.05, 4.69) is 10.3 Å². The van der Waals surface area contributed by atoms with Gasteiger partial charge < -0.3 is 14.8 Å². The van der Waals surface area contributed by atoms with E-state index in [4.69, 9.17) is 9.47 Å². The Bertz CT molecular complexity index is 1450. The van der Waals surface area contributed by atoms with E-state index in [1.807, 2.05) is 30.3 Å². The molecule has 4 aromatic rings. The minimum absolute atomic E-state index is 0.00280. The molecule has 0 fully saturated rings. The molecule has 0 bridgehead atoms. The van der Waals surface area contributed by atoms with E-state index in [0.29, 0.717) is 34.7 Å². The zero-order valence-corrected chi connectivity index (χ0v) is 20.7. The van der Waals surface area contributed by atoms with Gasteiger partial charge >= 0.3 is 5.97 Å². The second-order valence-corrected chi connectivity index (χ2v) is 8.78. The summed E-state index contributed by atoms with van der Waals surface area (Å²) in [5.74, 6) is -0.107. The Labute approximate surface area is 212 Å². The number of nitrogens with zero attached hydrogens (tertiary/aromatic N) is 2. The van der Waals surface area contributed by atoms with Gasteiger partial charge in [0.25, 0.3) is 5.56 Å². The van der Waals surface area contributed by atoms with Crippen molar-refractivity contribution in [1.82, 2.24) is 9.55 Å². The lowest BCUT2D eigenvalue weighted by Crippen LogP contribution is -2.25. The first kappa shape index (κ1) is 25.0. The van der Waals surface area contributed by atoms with E-state index in [-0.39, 0.29) is 22.8 Å². The molecular formula is C27H25N3O5S. The minimum atomic E-state index is -0.540. The summed E-state index contributed by atoms with van der Waals surface area (Å²) in [6, 6.07) is 21.4. The average molecular weight is 504 g/mol. The summed E-state index contributed by atoms with van der Waals surface area (Å²) in [6.45, 7) is 0.401. The van der Waals surface area contributed by atoms with Crippen molar-refractivity contribution in [2.45, 2.75) is 18.1 Å².